The molecule has 2 bridgehead atoms. The highest BCUT2D eigenvalue weighted by atomic mass is 16.5. The summed E-state index contributed by atoms with van der Waals surface area (Å²) in [6, 6.07) is 0. The molecule has 72 valence electrons. The fourth-order valence-electron chi connectivity index (χ4n) is 2.78. The number of rotatable bonds is 2. The SMILES string of the molecule is COC(=O)CC1C2C=CC(C2)C1C. The van der Waals surface area contributed by atoms with E-state index in [9.17, 15) is 4.79 Å². The van der Waals surface area contributed by atoms with Gasteiger partial charge in [0.25, 0.3) is 0 Å². The first kappa shape index (κ1) is 8.79. The van der Waals surface area contributed by atoms with Crippen LogP contribution in [0.25, 0.3) is 0 Å². The highest BCUT2D eigenvalue weighted by Gasteiger charge is 2.42. The van der Waals surface area contributed by atoms with Gasteiger partial charge in [0.2, 0.25) is 0 Å². The van der Waals surface area contributed by atoms with Crippen molar-refractivity contribution in [1.29, 1.82) is 0 Å². The summed E-state index contributed by atoms with van der Waals surface area (Å²) in [5.74, 6) is 2.49. The molecule has 2 aliphatic carbocycles. The average Bonchev–Trinajstić information content (AvgIpc) is 2.69. The molecule has 4 unspecified atom stereocenters. The Labute approximate surface area is 79.0 Å². The number of fused-ring (bicyclic) bond motifs is 2. The molecule has 0 spiro atoms. The highest BCUT2D eigenvalue weighted by Crippen LogP contribution is 2.49. The molecule has 2 nitrogen and oxygen atoms in total. The van der Waals surface area contributed by atoms with Crippen LogP contribution in [0.4, 0.5) is 0 Å². The molecule has 4 atom stereocenters. The summed E-state index contributed by atoms with van der Waals surface area (Å²) in [5, 5.41) is 0. The summed E-state index contributed by atoms with van der Waals surface area (Å²) >= 11 is 0. The van der Waals surface area contributed by atoms with E-state index in [4.69, 9.17) is 4.74 Å². The average molecular weight is 180 g/mol. The maximum Gasteiger partial charge on any atom is 0.305 e. The third-order valence-electron chi connectivity index (χ3n) is 3.68. The molecule has 0 aliphatic heterocycles. The highest BCUT2D eigenvalue weighted by molar-refractivity contribution is 5.69. The molecule has 1 saturated carbocycles. The fourth-order valence-corrected chi connectivity index (χ4v) is 2.78. The van der Waals surface area contributed by atoms with Crippen LogP contribution >= 0.6 is 0 Å². The molecule has 0 heterocycles. The minimum Gasteiger partial charge on any atom is -0.469 e. The second-order valence-corrected chi connectivity index (χ2v) is 4.25. The first-order valence-corrected chi connectivity index (χ1v) is 4.97. The third-order valence-corrected chi connectivity index (χ3v) is 3.68. The quantitative estimate of drug-likeness (QED) is 0.480. The lowest BCUT2D eigenvalue weighted by molar-refractivity contribution is -0.142. The molecule has 0 amide bonds. The third kappa shape index (κ3) is 1.38. The van der Waals surface area contributed by atoms with Gasteiger partial charge >= 0.3 is 5.97 Å². The van der Waals surface area contributed by atoms with Gasteiger partial charge in [0.1, 0.15) is 0 Å². The van der Waals surface area contributed by atoms with Crippen molar-refractivity contribution in [1.82, 2.24) is 0 Å². The Morgan fingerprint density at radius 3 is 2.69 bits per heavy atom. The molecule has 13 heavy (non-hydrogen) atoms. The van der Waals surface area contributed by atoms with Crippen LogP contribution in [-0.2, 0) is 9.53 Å². The van der Waals surface area contributed by atoms with Gasteiger partial charge in [-0.15, -0.1) is 0 Å². The Hall–Kier alpha value is -0.790. The van der Waals surface area contributed by atoms with Crippen molar-refractivity contribution < 1.29 is 9.53 Å². The standard InChI is InChI=1S/C11H16O2/c1-7-8-3-4-9(5-8)10(7)6-11(12)13-2/h3-4,7-10H,5-6H2,1-2H3. The van der Waals surface area contributed by atoms with E-state index in [1.807, 2.05) is 0 Å². The molecule has 0 aromatic carbocycles. The number of carbonyl (C=O) groups is 1. The van der Waals surface area contributed by atoms with Crippen LogP contribution in [0.1, 0.15) is 19.8 Å². The van der Waals surface area contributed by atoms with E-state index in [2.05, 4.69) is 19.1 Å². The van der Waals surface area contributed by atoms with Crippen molar-refractivity contribution in [3.8, 4) is 0 Å². The predicted molar refractivity (Wildman–Crippen MR) is 50.0 cm³/mol. The Morgan fingerprint density at radius 1 is 1.46 bits per heavy atom. The topological polar surface area (TPSA) is 26.3 Å². The van der Waals surface area contributed by atoms with E-state index in [-0.39, 0.29) is 5.97 Å². The summed E-state index contributed by atoms with van der Waals surface area (Å²) in [5.41, 5.74) is 0. The number of hydrogen-bond donors (Lipinski definition) is 0. The number of esters is 1. The monoisotopic (exact) mass is 180 g/mol. The summed E-state index contributed by atoms with van der Waals surface area (Å²) in [4.78, 5) is 11.1. The molecule has 1 fully saturated rings. The molecular formula is C11H16O2. The Morgan fingerprint density at radius 2 is 2.15 bits per heavy atom. The predicted octanol–water partition coefficient (Wildman–Crippen LogP) is 2.01. The van der Waals surface area contributed by atoms with E-state index in [1.165, 1.54) is 13.5 Å². The normalized spacial score (nSPS) is 41.1. The zero-order valence-corrected chi connectivity index (χ0v) is 8.19. The molecule has 0 saturated heterocycles. The van der Waals surface area contributed by atoms with Gasteiger partial charge in [-0.2, -0.15) is 0 Å². The van der Waals surface area contributed by atoms with Crippen molar-refractivity contribution in [2.45, 2.75) is 19.8 Å². The van der Waals surface area contributed by atoms with Crippen LogP contribution < -0.4 is 0 Å². The van der Waals surface area contributed by atoms with Crippen molar-refractivity contribution in [3.63, 3.8) is 0 Å². The van der Waals surface area contributed by atoms with Crippen LogP contribution in [0, 0.1) is 23.7 Å². The van der Waals surface area contributed by atoms with Crippen LogP contribution in [-0.4, -0.2) is 13.1 Å². The van der Waals surface area contributed by atoms with E-state index >= 15 is 0 Å². The Kier molecular flexibility index (Phi) is 2.14. The summed E-state index contributed by atoms with van der Waals surface area (Å²) in [6.07, 6.45) is 6.44. The summed E-state index contributed by atoms with van der Waals surface area (Å²) < 4.78 is 4.71. The molecule has 2 aliphatic rings. The Balaban J connectivity index is 2.01. The summed E-state index contributed by atoms with van der Waals surface area (Å²) in [6.45, 7) is 2.25. The van der Waals surface area contributed by atoms with E-state index < -0.39 is 0 Å². The second kappa shape index (κ2) is 3.17. The van der Waals surface area contributed by atoms with E-state index in [1.54, 1.807) is 0 Å². The number of methoxy groups -OCH3 is 1. The lowest BCUT2D eigenvalue weighted by Gasteiger charge is -2.23. The second-order valence-electron chi connectivity index (χ2n) is 4.25. The molecule has 0 aromatic heterocycles. The minimum absolute atomic E-state index is 0.0576. The van der Waals surface area contributed by atoms with Gasteiger partial charge < -0.3 is 4.74 Å². The maximum absolute atomic E-state index is 11.1. The van der Waals surface area contributed by atoms with Gasteiger partial charge in [0.15, 0.2) is 0 Å². The van der Waals surface area contributed by atoms with E-state index in [0.717, 1.165) is 5.92 Å². The number of carbonyl (C=O) groups excluding carboxylic acids is 1. The largest absolute Gasteiger partial charge is 0.469 e. The maximum atomic E-state index is 11.1. The van der Waals surface area contributed by atoms with Crippen LogP contribution in [0.5, 0.6) is 0 Å². The van der Waals surface area contributed by atoms with Crippen molar-refractivity contribution in [2.24, 2.45) is 23.7 Å². The van der Waals surface area contributed by atoms with Gasteiger partial charge in [0.05, 0.1) is 7.11 Å². The van der Waals surface area contributed by atoms with Crippen LogP contribution in [0.15, 0.2) is 12.2 Å². The van der Waals surface area contributed by atoms with Crippen molar-refractivity contribution in [2.75, 3.05) is 7.11 Å². The van der Waals surface area contributed by atoms with E-state index in [0.29, 0.717) is 24.2 Å². The number of hydrogen-bond acceptors (Lipinski definition) is 2. The van der Waals surface area contributed by atoms with Gasteiger partial charge in [-0.3, -0.25) is 4.79 Å². The zero-order valence-electron chi connectivity index (χ0n) is 8.19. The summed E-state index contributed by atoms with van der Waals surface area (Å²) in [7, 11) is 1.47. The van der Waals surface area contributed by atoms with Crippen LogP contribution in [0.2, 0.25) is 0 Å². The zero-order chi connectivity index (χ0) is 9.42. The van der Waals surface area contributed by atoms with Gasteiger partial charge in [0, 0.05) is 6.42 Å². The van der Waals surface area contributed by atoms with Crippen molar-refractivity contribution in [3.05, 3.63) is 12.2 Å². The molecule has 0 N–H and O–H groups in total. The van der Waals surface area contributed by atoms with Gasteiger partial charge in [-0.25, -0.2) is 0 Å². The lowest BCUT2D eigenvalue weighted by atomic mass is 9.82. The fraction of sp³-hybridized carbons (Fsp3) is 0.727. The minimum atomic E-state index is -0.0576. The first-order valence-electron chi connectivity index (χ1n) is 4.97. The van der Waals surface area contributed by atoms with Crippen molar-refractivity contribution >= 4 is 5.97 Å². The smallest absolute Gasteiger partial charge is 0.305 e. The van der Waals surface area contributed by atoms with Gasteiger partial charge in [-0.1, -0.05) is 19.1 Å². The first-order chi connectivity index (χ1) is 6.22. The Bertz CT molecular complexity index is 244. The molecule has 2 rings (SSSR count). The molecular weight excluding hydrogens is 164 g/mol. The van der Waals surface area contributed by atoms with Gasteiger partial charge in [-0.05, 0) is 30.1 Å². The number of ether oxygens (including phenoxy) is 1. The molecule has 0 radical (unpaired) electrons. The van der Waals surface area contributed by atoms with Crippen LogP contribution in [0.3, 0.4) is 0 Å². The molecule has 0 aromatic rings. The lowest BCUT2D eigenvalue weighted by Crippen LogP contribution is -2.20. The number of allylic oxidation sites excluding steroid dienone is 2. The molecule has 2 heteroatoms.